The summed E-state index contributed by atoms with van der Waals surface area (Å²) in [4.78, 5) is 12.4. The van der Waals surface area contributed by atoms with Crippen molar-refractivity contribution >= 4 is 18.3 Å². The summed E-state index contributed by atoms with van der Waals surface area (Å²) in [5, 5.41) is 2.86. The lowest BCUT2D eigenvalue weighted by Crippen LogP contribution is -2.51. The highest BCUT2D eigenvalue weighted by Crippen LogP contribution is 2.18. The van der Waals surface area contributed by atoms with Crippen LogP contribution < -0.4 is 11.1 Å². The zero-order valence-electron chi connectivity index (χ0n) is 13.3. The summed E-state index contributed by atoms with van der Waals surface area (Å²) in [5.74, 6) is -0.537. The SMILES string of the molecule is CC(Cc1ccccc1F)NC(=O)C(C)(N)c1ccccc1.Cl. The number of carbonyl (C=O) groups excluding carboxylic acids is 1. The van der Waals surface area contributed by atoms with Crippen molar-refractivity contribution in [2.75, 3.05) is 0 Å². The van der Waals surface area contributed by atoms with E-state index in [2.05, 4.69) is 5.32 Å². The number of rotatable bonds is 5. The second kappa shape index (κ2) is 8.09. The first-order valence-electron chi connectivity index (χ1n) is 7.30. The van der Waals surface area contributed by atoms with Gasteiger partial charge in [-0.05, 0) is 37.5 Å². The number of amides is 1. The molecule has 0 aliphatic heterocycles. The van der Waals surface area contributed by atoms with Crippen molar-refractivity contribution < 1.29 is 9.18 Å². The van der Waals surface area contributed by atoms with Gasteiger partial charge in [0, 0.05) is 6.04 Å². The van der Waals surface area contributed by atoms with Crippen LogP contribution in [-0.4, -0.2) is 11.9 Å². The molecule has 2 aromatic carbocycles. The molecule has 0 fully saturated rings. The molecular formula is C18H22ClFN2O. The average molecular weight is 337 g/mol. The standard InChI is InChI=1S/C18H21FN2O.ClH/c1-13(12-14-8-6-7-11-16(14)19)21-17(22)18(2,20)15-9-4-3-5-10-15;/h3-11,13H,12,20H2,1-2H3,(H,21,22);1H. The van der Waals surface area contributed by atoms with E-state index >= 15 is 0 Å². The minimum absolute atomic E-state index is 0. The summed E-state index contributed by atoms with van der Waals surface area (Å²) in [7, 11) is 0. The topological polar surface area (TPSA) is 55.1 Å². The lowest BCUT2D eigenvalue weighted by Gasteiger charge is -2.26. The van der Waals surface area contributed by atoms with Crippen LogP contribution in [0.4, 0.5) is 4.39 Å². The monoisotopic (exact) mass is 336 g/mol. The van der Waals surface area contributed by atoms with Crippen LogP contribution in [0.2, 0.25) is 0 Å². The molecule has 0 heterocycles. The highest BCUT2D eigenvalue weighted by Gasteiger charge is 2.31. The fourth-order valence-corrected chi connectivity index (χ4v) is 2.33. The van der Waals surface area contributed by atoms with Gasteiger partial charge in [0.2, 0.25) is 5.91 Å². The summed E-state index contributed by atoms with van der Waals surface area (Å²) in [5.41, 5.74) is 6.37. The molecule has 3 N–H and O–H groups in total. The molecule has 5 heteroatoms. The fourth-order valence-electron chi connectivity index (χ4n) is 2.33. The van der Waals surface area contributed by atoms with Crippen molar-refractivity contribution in [3.8, 4) is 0 Å². The van der Waals surface area contributed by atoms with E-state index in [4.69, 9.17) is 5.73 Å². The van der Waals surface area contributed by atoms with Gasteiger partial charge >= 0.3 is 0 Å². The average Bonchev–Trinajstić information content (AvgIpc) is 2.50. The molecule has 0 bridgehead atoms. The summed E-state index contributed by atoms with van der Waals surface area (Å²) in [6.07, 6.45) is 0.420. The van der Waals surface area contributed by atoms with Gasteiger partial charge in [0.05, 0.1) is 0 Å². The molecule has 1 amide bonds. The van der Waals surface area contributed by atoms with Crippen molar-refractivity contribution in [2.45, 2.75) is 31.8 Å². The number of nitrogens with two attached hydrogens (primary N) is 1. The molecule has 23 heavy (non-hydrogen) atoms. The Morgan fingerprint density at radius 3 is 2.35 bits per heavy atom. The third kappa shape index (κ3) is 4.78. The number of hydrogen-bond donors (Lipinski definition) is 2. The number of benzene rings is 2. The minimum atomic E-state index is -1.12. The van der Waals surface area contributed by atoms with Crippen molar-refractivity contribution in [1.29, 1.82) is 0 Å². The Balaban J connectivity index is 0.00000264. The molecule has 0 aliphatic rings. The van der Waals surface area contributed by atoms with Gasteiger partial charge in [-0.2, -0.15) is 0 Å². The largest absolute Gasteiger partial charge is 0.351 e. The first-order valence-corrected chi connectivity index (χ1v) is 7.30. The molecule has 2 unspecified atom stereocenters. The molecular weight excluding hydrogens is 315 g/mol. The van der Waals surface area contributed by atoms with Crippen LogP contribution in [0.15, 0.2) is 54.6 Å². The van der Waals surface area contributed by atoms with Gasteiger partial charge in [0.15, 0.2) is 0 Å². The normalized spacial score (nSPS) is 14.3. The first-order chi connectivity index (χ1) is 10.4. The predicted molar refractivity (Wildman–Crippen MR) is 92.9 cm³/mol. The van der Waals surface area contributed by atoms with Gasteiger partial charge < -0.3 is 11.1 Å². The Kier molecular flexibility index (Phi) is 6.73. The number of halogens is 2. The van der Waals surface area contributed by atoms with Crippen molar-refractivity contribution in [1.82, 2.24) is 5.32 Å². The summed E-state index contributed by atoms with van der Waals surface area (Å²) >= 11 is 0. The van der Waals surface area contributed by atoms with Crippen LogP contribution in [0.1, 0.15) is 25.0 Å². The van der Waals surface area contributed by atoms with E-state index < -0.39 is 5.54 Å². The molecule has 0 aliphatic carbocycles. The Morgan fingerprint density at radius 2 is 1.74 bits per heavy atom. The maximum absolute atomic E-state index is 13.6. The predicted octanol–water partition coefficient (Wildman–Crippen LogP) is 3.17. The molecule has 0 radical (unpaired) electrons. The fraction of sp³-hybridized carbons (Fsp3) is 0.278. The lowest BCUT2D eigenvalue weighted by atomic mass is 9.92. The third-order valence-electron chi connectivity index (χ3n) is 3.71. The number of nitrogens with one attached hydrogen (secondary N) is 1. The molecule has 0 saturated heterocycles. The summed E-state index contributed by atoms with van der Waals surface area (Å²) in [6.45, 7) is 3.51. The Labute approximate surface area is 142 Å². The van der Waals surface area contributed by atoms with Gasteiger partial charge in [0.25, 0.3) is 0 Å². The van der Waals surface area contributed by atoms with Gasteiger partial charge in [-0.3, -0.25) is 4.79 Å². The molecule has 124 valence electrons. The van der Waals surface area contributed by atoms with Crippen LogP contribution in [-0.2, 0) is 16.8 Å². The van der Waals surface area contributed by atoms with Crippen LogP contribution in [0, 0.1) is 5.82 Å². The number of hydrogen-bond acceptors (Lipinski definition) is 2. The zero-order chi connectivity index (χ0) is 16.2. The highest BCUT2D eigenvalue weighted by molar-refractivity contribution is 5.87. The Hall–Kier alpha value is -1.91. The van der Waals surface area contributed by atoms with E-state index in [-0.39, 0.29) is 30.2 Å². The molecule has 0 saturated carbocycles. The molecule has 0 aromatic heterocycles. The van der Waals surface area contributed by atoms with E-state index in [0.717, 1.165) is 5.56 Å². The third-order valence-corrected chi connectivity index (χ3v) is 3.71. The van der Waals surface area contributed by atoms with Crippen LogP contribution in [0.25, 0.3) is 0 Å². The van der Waals surface area contributed by atoms with Gasteiger partial charge in [-0.1, -0.05) is 48.5 Å². The first kappa shape index (κ1) is 19.1. The smallest absolute Gasteiger partial charge is 0.244 e. The van der Waals surface area contributed by atoms with Gasteiger partial charge in [0.1, 0.15) is 11.4 Å². The highest BCUT2D eigenvalue weighted by atomic mass is 35.5. The second-order valence-corrected chi connectivity index (χ2v) is 5.74. The molecule has 2 rings (SSSR count). The second-order valence-electron chi connectivity index (χ2n) is 5.74. The quantitative estimate of drug-likeness (QED) is 0.881. The van der Waals surface area contributed by atoms with Crippen LogP contribution >= 0.6 is 12.4 Å². The summed E-state index contributed by atoms with van der Waals surface area (Å²) < 4.78 is 13.6. The van der Waals surface area contributed by atoms with Crippen LogP contribution in [0.5, 0.6) is 0 Å². The minimum Gasteiger partial charge on any atom is -0.351 e. The number of carbonyl (C=O) groups is 1. The Morgan fingerprint density at radius 1 is 1.17 bits per heavy atom. The summed E-state index contributed by atoms with van der Waals surface area (Å²) in [6, 6.07) is 15.6. The van der Waals surface area contributed by atoms with Crippen molar-refractivity contribution in [3.05, 3.63) is 71.5 Å². The van der Waals surface area contributed by atoms with Crippen molar-refractivity contribution in [3.63, 3.8) is 0 Å². The molecule has 3 nitrogen and oxygen atoms in total. The maximum Gasteiger partial charge on any atom is 0.244 e. The molecule has 0 spiro atoms. The maximum atomic E-state index is 13.6. The van der Waals surface area contributed by atoms with E-state index in [9.17, 15) is 9.18 Å². The lowest BCUT2D eigenvalue weighted by molar-refractivity contribution is -0.126. The van der Waals surface area contributed by atoms with E-state index in [1.165, 1.54) is 6.07 Å². The molecule has 2 aromatic rings. The Bertz CT molecular complexity index is 646. The van der Waals surface area contributed by atoms with Gasteiger partial charge in [-0.15, -0.1) is 12.4 Å². The molecule has 2 atom stereocenters. The van der Waals surface area contributed by atoms with E-state index in [1.54, 1.807) is 25.1 Å². The zero-order valence-corrected chi connectivity index (χ0v) is 14.1. The van der Waals surface area contributed by atoms with E-state index in [1.807, 2.05) is 37.3 Å². The van der Waals surface area contributed by atoms with Crippen LogP contribution in [0.3, 0.4) is 0 Å². The van der Waals surface area contributed by atoms with E-state index in [0.29, 0.717) is 12.0 Å². The van der Waals surface area contributed by atoms with Gasteiger partial charge in [-0.25, -0.2) is 4.39 Å². The van der Waals surface area contributed by atoms with Crippen molar-refractivity contribution in [2.24, 2.45) is 5.73 Å².